The third-order valence-corrected chi connectivity index (χ3v) is 5.65. The molecule has 0 saturated heterocycles. The summed E-state index contributed by atoms with van der Waals surface area (Å²) in [5.74, 6) is 1.66. The first-order valence-electron chi connectivity index (χ1n) is 11.8. The maximum atomic E-state index is 12.6. The van der Waals surface area contributed by atoms with Crippen LogP contribution in [0.2, 0.25) is 0 Å². The molecular formula is C28H30N2O5. The number of aryl methyl sites for hydroxylation is 2. The van der Waals surface area contributed by atoms with E-state index in [-0.39, 0.29) is 25.0 Å². The van der Waals surface area contributed by atoms with Crippen molar-refractivity contribution in [3.8, 4) is 17.2 Å². The van der Waals surface area contributed by atoms with Gasteiger partial charge in [0, 0.05) is 12.2 Å². The Morgan fingerprint density at radius 1 is 1.03 bits per heavy atom. The van der Waals surface area contributed by atoms with Crippen LogP contribution in [-0.2, 0) is 16.0 Å². The molecule has 1 N–H and O–H groups in total. The van der Waals surface area contributed by atoms with Crippen LogP contribution in [0.4, 0.5) is 11.4 Å². The van der Waals surface area contributed by atoms with Gasteiger partial charge in [0.1, 0.15) is 17.2 Å². The van der Waals surface area contributed by atoms with Crippen molar-refractivity contribution in [2.24, 2.45) is 0 Å². The van der Waals surface area contributed by atoms with Gasteiger partial charge in [-0.05, 0) is 73.4 Å². The van der Waals surface area contributed by atoms with Gasteiger partial charge in [0.25, 0.3) is 11.8 Å². The number of carbonyl (C=O) groups excluding carboxylic acids is 2. The van der Waals surface area contributed by atoms with Gasteiger partial charge in [0.2, 0.25) is 0 Å². The Morgan fingerprint density at radius 2 is 1.83 bits per heavy atom. The standard InChI is InChI=1S/C28H30N2O5/c1-3-21-8-5-10-24(16-21)34-18-27(31)29-22-11-12-26-25(17-22)30(28(32)19-35-26)13-6-14-33-23-9-4-7-20(2)15-23/h4-5,7-12,15-17H,3,6,13-14,18-19H2,1-2H3,(H,29,31). The predicted molar refractivity (Wildman–Crippen MR) is 136 cm³/mol. The monoisotopic (exact) mass is 474 g/mol. The minimum absolute atomic E-state index is 0.0118. The highest BCUT2D eigenvalue weighted by Gasteiger charge is 2.25. The molecule has 0 atom stereocenters. The van der Waals surface area contributed by atoms with Gasteiger partial charge in [0.05, 0.1) is 12.3 Å². The van der Waals surface area contributed by atoms with Crippen molar-refractivity contribution in [1.82, 2.24) is 0 Å². The summed E-state index contributed by atoms with van der Waals surface area (Å²) in [5, 5.41) is 2.84. The quantitative estimate of drug-likeness (QED) is 0.429. The number of hydrogen-bond donors (Lipinski definition) is 1. The van der Waals surface area contributed by atoms with Crippen LogP contribution in [0.25, 0.3) is 0 Å². The average molecular weight is 475 g/mol. The first-order valence-corrected chi connectivity index (χ1v) is 11.8. The maximum Gasteiger partial charge on any atom is 0.265 e. The van der Waals surface area contributed by atoms with Gasteiger partial charge in [-0.3, -0.25) is 9.59 Å². The highest BCUT2D eigenvalue weighted by Crippen LogP contribution is 2.34. The van der Waals surface area contributed by atoms with E-state index in [9.17, 15) is 9.59 Å². The van der Waals surface area contributed by atoms with E-state index in [0.29, 0.717) is 42.4 Å². The summed E-state index contributed by atoms with van der Waals surface area (Å²) in [6.45, 7) is 4.92. The Hall–Kier alpha value is -4.00. The fourth-order valence-electron chi connectivity index (χ4n) is 3.84. The Bertz CT molecular complexity index is 1190. The van der Waals surface area contributed by atoms with E-state index in [0.717, 1.165) is 23.3 Å². The molecule has 7 nitrogen and oxygen atoms in total. The third kappa shape index (κ3) is 6.53. The van der Waals surface area contributed by atoms with Gasteiger partial charge in [-0.2, -0.15) is 0 Å². The molecule has 1 aliphatic rings. The molecule has 3 aromatic carbocycles. The van der Waals surface area contributed by atoms with Crippen molar-refractivity contribution >= 4 is 23.2 Å². The second-order valence-corrected chi connectivity index (χ2v) is 8.37. The Morgan fingerprint density at radius 3 is 2.63 bits per heavy atom. The zero-order valence-corrected chi connectivity index (χ0v) is 20.1. The molecule has 0 bridgehead atoms. The second-order valence-electron chi connectivity index (χ2n) is 8.37. The lowest BCUT2D eigenvalue weighted by Gasteiger charge is -2.30. The molecule has 0 aliphatic carbocycles. The first-order chi connectivity index (χ1) is 17.0. The predicted octanol–water partition coefficient (Wildman–Crippen LogP) is 4.77. The van der Waals surface area contributed by atoms with E-state index in [1.807, 2.05) is 55.5 Å². The number of amides is 2. The van der Waals surface area contributed by atoms with Gasteiger partial charge in [-0.1, -0.05) is 31.2 Å². The smallest absolute Gasteiger partial charge is 0.265 e. The summed E-state index contributed by atoms with van der Waals surface area (Å²) in [7, 11) is 0. The van der Waals surface area contributed by atoms with Gasteiger partial charge in [-0.25, -0.2) is 0 Å². The molecule has 4 rings (SSSR count). The van der Waals surface area contributed by atoms with Crippen LogP contribution in [0.1, 0.15) is 24.5 Å². The molecule has 0 saturated carbocycles. The highest BCUT2D eigenvalue weighted by molar-refractivity contribution is 5.99. The third-order valence-electron chi connectivity index (χ3n) is 5.65. The molecule has 3 aromatic rings. The molecule has 182 valence electrons. The fraction of sp³-hybridized carbons (Fsp3) is 0.286. The van der Waals surface area contributed by atoms with Crippen molar-refractivity contribution in [2.45, 2.75) is 26.7 Å². The number of anilines is 2. The number of ether oxygens (including phenoxy) is 3. The van der Waals surface area contributed by atoms with E-state index in [1.165, 1.54) is 0 Å². The Kier molecular flexibility index (Phi) is 7.88. The Balaban J connectivity index is 1.34. The molecule has 2 amide bonds. The van der Waals surface area contributed by atoms with Crippen LogP contribution in [0, 0.1) is 6.92 Å². The largest absolute Gasteiger partial charge is 0.494 e. The summed E-state index contributed by atoms with van der Waals surface area (Å²) < 4.78 is 17.0. The van der Waals surface area contributed by atoms with E-state index >= 15 is 0 Å². The Labute approximate surface area is 205 Å². The lowest BCUT2D eigenvalue weighted by molar-refractivity contribution is -0.121. The summed E-state index contributed by atoms with van der Waals surface area (Å²) >= 11 is 0. The second kappa shape index (κ2) is 11.4. The molecule has 0 fully saturated rings. The molecule has 0 spiro atoms. The number of nitrogens with one attached hydrogen (secondary N) is 1. The lowest BCUT2D eigenvalue weighted by Crippen LogP contribution is -2.39. The number of hydrogen-bond acceptors (Lipinski definition) is 5. The molecule has 0 radical (unpaired) electrons. The molecule has 0 aromatic heterocycles. The van der Waals surface area contributed by atoms with Crippen molar-refractivity contribution in [3.63, 3.8) is 0 Å². The van der Waals surface area contributed by atoms with Gasteiger partial charge >= 0.3 is 0 Å². The molecular weight excluding hydrogens is 444 g/mol. The number of rotatable bonds is 10. The molecule has 1 aliphatic heterocycles. The number of benzene rings is 3. The van der Waals surface area contributed by atoms with Gasteiger partial charge < -0.3 is 24.4 Å². The first kappa shape index (κ1) is 24.1. The van der Waals surface area contributed by atoms with Crippen molar-refractivity contribution in [1.29, 1.82) is 0 Å². The van der Waals surface area contributed by atoms with Crippen LogP contribution in [0.15, 0.2) is 66.7 Å². The summed E-state index contributed by atoms with van der Waals surface area (Å²) in [4.78, 5) is 26.7. The number of nitrogens with zero attached hydrogens (tertiary/aromatic N) is 1. The summed E-state index contributed by atoms with van der Waals surface area (Å²) in [5.41, 5.74) is 3.48. The van der Waals surface area contributed by atoms with E-state index in [1.54, 1.807) is 23.1 Å². The van der Waals surface area contributed by atoms with Crippen molar-refractivity contribution in [3.05, 3.63) is 77.9 Å². The van der Waals surface area contributed by atoms with E-state index in [4.69, 9.17) is 14.2 Å². The molecule has 7 heteroatoms. The van der Waals surface area contributed by atoms with Crippen LogP contribution >= 0.6 is 0 Å². The van der Waals surface area contributed by atoms with E-state index < -0.39 is 0 Å². The topological polar surface area (TPSA) is 77.1 Å². The lowest BCUT2D eigenvalue weighted by atomic mass is 10.2. The minimum atomic E-state index is -0.284. The van der Waals surface area contributed by atoms with Crippen LogP contribution in [0.5, 0.6) is 17.2 Å². The summed E-state index contributed by atoms with van der Waals surface area (Å²) in [6, 6.07) is 20.8. The van der Waals surface area contributed by atoms with Gasteiger partial charge in [0.15, 0.2) is 13.2 Å². The highest BCUT2D eigenvalue weighted by atomic mass is 16.5. The zero-order valence-electron chi connectivity index (χ0n) is 20.1. The average Bonchev–Trinajstić information content (AvgIpc) is 2.86. The maximum absolute atomic E-state index is 12.6. The van der Waals surface area contributed by atoms with Crippen molar-refractivity contribution in [2.75, 3.05) is 36.6 Å². The molecule has 0 unspecified atom stereocenters. The zero-order chi connectivity index (χ0) is 24.6. The SMILES string of the molecule is CCc1cccc(OCC(=O)Nc2ccc3c(c2)N(CCCOc2cccc(C)c2)C(=O)CO3)c1. The normalized spacial score (nSPS) is 12.5. The van der Waals surface area contributed by atoms with E-state index in [2.05, 4.69) is 12.2 Å². The number of fused-ring (bicyclic) bond motifs is 1. The number of carbonyl (C=O) groups is 2. The minimum Gasteiger partial charge on any atom is -0.494 e. The van der Waals surface area contributed by atoms with Crippen LogP contribution < -0.4 is 24.4 Å². The fourth-order valence-corrected chi connectivity index (χ4v) is 3.84. The van der Waals surface area contributed by atoms with Crippen molar-refractivity contribution < 1.29 is 23.8 Å². The summed E-state index contributed by atoms with van der Waals surface area (Å²) in [6.07, 6.45) is 1.55. The van der Waals surface area contributed by atoms with Gasteiger partial charge in [-0.15, -0.1) is 0 Å². The molecule has 35 heavy (non-hydrogen) atoms. The van der Waals surface area contributed by atoms with Crippen LogP contribution in [-0.4, -0.2) is 38.2 Å². The van der Waals surface area contributed by atoms with Crippen LogP contribution in [0.3, 0.4) is 0 Å². The molecule has 1 heterocycles.